The van der Waals surface area contributed by atoms with Crippen molar-refractivity contribution in [2.45, 2.75) is 31.9 Å². The summed E-state index contributed by atoms with van der Waals surface area (Å²) in [5, 5.41) is 11.7. The van der Waals surface area contributed by atoms with Crippen LogP contribution in [-0.4, -0.2) is 58.3 Å². The van der Waals surface area contributed by atoms with E-state index in [9.17, 15) is 17.6 Å². The topological polar surface area (TPSA) is 105 Å². The first-order chi connectivity index (χ1) is 17.8. The number of nitrogens with zero attached hydrogens (tertiary/aromatic N) is 8. The summed E-state index contributed by atoms with van der Waals surface area (Å²) in [4.78, 5) is 18.5. The number of rotatable bonds is 6. The molecule has 6 rings (SSSR count). The molecule has 2 N–H and O–H groups in total. The zero-order valence-electron chi connectivity index (χ0n) is 19.0. The first-order valence-corrected chi connectivity index (χ1v) is 11.7. The number of H-pyrrole nitrogens is 1. The van der Waals surface area contributed by atoms with Gasteiger partial charge in [-0.1, -0.05) is 17.7 Å². The van der Waals surface area contributed by atoms with Crippen LogP contribution in [0.3, 0.4) is 0 Å². The predicted octanol–water partition coefficient (Wildman–Crippen LogP) is 4.76. The summed E-state index contributed by atoms with van der Waals surface area (Å²) < 4.78 is 55.7. The van der Waals surface area contributed by atoms with Crippen LogP contribution in [0.2, 0.25) is 5.02 Å². The molecular formula is C22H19ClF4N10. The summed E-state index contributed by atoms with van der Waals surface area (Å²) in [6, 6.07) is 5.40. The van der Waals surface area contributed by atoms with Gasteiger partial charge in [-0.05, 0) is 12.1 Å². The normalized spacial score (nSPS) is 15.8. The highest BCUT2D eigenvalue weighted by Crippen LogP contribution is 2.32. The number of anilines is 2. The van der Waals surface area contributed by atoms with Crippen LogP contribution in [-0.2, 0) is 6.54 Å². The van der Waals surface area contributed by atoms with E-state index in [2.05, 4.69) is 35.5 Å². The molecule has 5 aromatic rings. The van der Waals surface area contributed by atoms with Crippen molar-refractivity contribution in [3.05, 3.63) is 47.6 Å². The third kappa shape index (κ3) is 4.41. The summed E-state index contributed by atoms with van der Waals surface area (Å²) in [7, 11) is 0. The quantitative estimate of drug-likeness (QED) is 0.303. The van der Waals surface area contributed by atoms with Gasteiger partial charge in [0.15, 0.2) is 5.65 Å². The average molecular weight is 535 g/mol. The molecule has 0 radical (unpaired) electrons. The fourth-order valence-corrected chi connectivity index (χ4v) is 4.46. The molecule has 5 heterocycles. The minimum Gasteiger partial charge on any atom is -0.347 e. The number of imidazole rings is 1. The minimum absolute atomic E-state index is 0.0669. The van der Waals surface area contributed by atoms with Crippen molar-refractivity contribution in [2.24, 2.45) is 0 Å². The number of nitrogens with one attached hydrogen (secondary N) is 2. The van der Waals surface area contributed by atoms with Gasteiger partial charge < -0.3 is 15.2 Å². The van der Waals surface area contributed by atoms with Crippen molar-refractivity contribution >= 4 is 40.2 Å². The smallest absolute Gasteiger partial charge is 0.333 e. The minimum atomic E-state index is -2.80. The second-order valence-electron chi connectivity index (χ2n) is 8.64. The molecular weight excluding hydrogens is 516 g/mol. The Morgan fingerprint density at radius 3 is 2.62 bits per heavy atom. The number of para-hydroxylation sites is 1. The van der Waals surface area contributed by atoms with Gasteiger partial charge in [0, 0.05) is 43.3 Å². The highest BCUT2D eigenvalue weighted by atomic mass is 35.5. The van der Waals surface area contributed by atoms with Crippen LogP contribution >= 0.6 is 11.6 Å². The molecule has 1 fully saturated rings. The number of aromatic amines is 1. The zero-order chi connectivity index (χ0) is 25.7. The van der Waals surface area contributed by atoms with E-state index in [0.717, 1.165) is 5.52 Å². The Hall–Kier alpha value is -3.94. The number of hydrogen-bond donors (Lipinski definition) is 2. The van der Waals surface area contributed by atoms with E-state index in [1.807, 2.05) is 12.1 Å². The zero-order valence-corrected chi connectivity index (χ0v) is 19.8. The molecule has 0 unspecified atom stereocenters. The first kappa shape index (κ1) is 23.5. The summed E-state index contributed by atoms with van der Waals surface area (Å²) in [5.74, 6) is -1.66. The molecule has 37 heavy (non-hydrogen) atoms. The maximum Gasteiger partial charge on any atom is 0.333 e. The lowest BCUT2D eigenvalue weighted by molar-refractivity contribution is -0.0222. The van der Waals surface area contributed by atoms with Gasteiger partial charge in [-0.25, -0.2) is 18.4 Å². The van der Waals surface area contributed by atoms with Crippen LogP contribution in [0, 0.1) is 0 Å². The lowest BCUT2D eigenvalue weighted by Crippen LogP contribution is -2.40. The lowest BCUT2D eigenvalue weighted by atomic mass is 10.1. The Morgan fingerprint density at radius 2 is 1.89 bits per heavy atom. The van der Waals surface area contributed by atoms with Gasteiger partial charge in [-0.15, -0.1) is 0 Å². The lowest BCUT2D eigenvalue weighted by Gasteiger charge is -2.31. The van der Waals surface area contributed by atoms with E-state index >= 15 is 0 Å². The van der Waals surface area contributed by atoms with Gasteiger partial charge in [0.25, 0.3) is 5.92 Å². The molecule has 0 spiro atoms. The van der Waals surface area contributed by atoms with E-state index in [1.54, 1.807) is 11.0 Å². The van der Waals surface area contributed by atoms with Crippen LogP contribution in [0.15, 0.2) is 36.8 Å². The molecule has 0 aliphatic carbocycles. The molecule has 192 valence electrons. The Kier molecular flexibility index (Phi) is 5.62. The third-order valence-corrected chi connectivity index (χ3v) is 6.48. The van der Waals surface area contributed by atoms with E-state index in [4.69, 9.17) is 11.6 Å². The van der Waals surface area contributed by atoms with Crippen LogP contribution in [0.5, 0.6) is 0 Å². The van der Waals surface area contributed by atoms with Gasteiger partial charge in [0.2, 0.25) is 11.9 Å². The van der Waals surface area contributed by atoms with Gasteiger partial charge in [-0.2, -0.15) is 33.5 Å². The van der Waals surface area contributed by atoms with Crippen molar-refractivity contribution in [1.29, 1.82) is 0 Å². The maximum atomic E-state index is 13.8. The molecule has 1 aromatic carbocycles. The first-order valence-electron chi connectivity index (χ1n) is 11.4. The number of benzene rings is 1. The molecule has 1 aliphatic heterocycles. The van der Waals surface area contributed by atoms with Gasteiger partial charge in [-0.3, -0.25) is 0 Å². The number of hydrogen-bond acceptors (Lipinski definition) is 7. The van der Waals surface area contributed by atoms with E-state index in [-0.39, 0.29) is 44.4 Å². The van der Waals surface area contributed by atoms with Crippen LogP contribution < -0.4 is 10.2 Å². The number of piperidine rings is 1. The monoisotopic (exact) mass is 534 g/mol. The summed E-state index contributed by atoms with van der Waals surface area (Å²) >= 11 is 6.22. The van der Waals surface area contributed by atoms with Crippen molar-refractivity contribution in [1.82, 2.24) is 39.3 Å². The van der Waals surface area contributed by atoms with Crippen LogP contribution in [0.1, 0.15) is 25.2 Å². The average Bonchev–Trinajstić information content (AvgIpc) is 3.60. The van der Waals surface area contributed by atoms with Crippen molar-refractivity contribution in [3.8, 4) is 11.1 Å². The Labute approximate surface area is 211 Å². The number of alkyl halides is 4. The second kappa shape index (κ2) is 8.87. The van der Waals surface area contributed by atoms with E-state index in [1.165, 1.54) is 23.1 Å². The Morgan fingerprint density at radius 1 is 1.08 bits per heavy atom. The van der Waals surface area contributed by atoms with E-state index < -0.39 is 12.5 Å². The second-order valence-corrected chi connectivity index (χ2v) is 9.05. The Balaban J connectivity index is 1.38. The maximum absolute atomic E-state index is 13.8. The Bertz CT molecular complexity index is 1580. The van der Waals surface area contributed by atoms with Gasteiger partial charge >= 0.3 is 6.55 Å². The molecule has 0 atom stereocenters. The van der Waals surface area contributed by atoms with Gasteiger partial charge in [0.1, 0.15) is 11.3 Å². The fraction of sp³-hybridized carbons (Fsp3) is 0.318. The summed E-state index contributed by atoms with van der Waals surface area (Å²) in [6.45, 7) is -2.45. The highest BCUT2D eigenvalue weighted by Gasteiger charge is 2.35. The van der Waals surface area contributed by atoms with Crippen LogP contribution in [0.25, 0.3) is 27.8 Å². The largest absolute Gasteiger partial charge is 0.347 e. The molecule has 0 amide bonds. The number of fused-ring (bicyclic) bond motifs is 2. The van der Waals surface area contributed by atoms with Crippen LogP contribution in [0.4, 0.5) is 29.5 Å². The van der Waals surface area contributed by atoms with Crippen molar-refractivity contribution in [3.63, 3.8) is 0 Å². The highest BCUT2D eigenvalue weighted by molar-refractivity contribution is 6.34. The molecule has 15 heteroatoms. The summed E-state index contributed by atoms with van der Waals surface area (Å²) in [6.07, 6.45) is 3.31. The fourth-order valence-electron chi connectivity index (χ4n) is 4.24. The number of halogens is 5. The predicted molar refractivity (Wildman–Crippen MR) is 128 cm³/mol. The van der Waals surface area contributed by atoms with E-state index in [0.29, 0.717) is 37.8 Å². The SMILES string of the molecule is FC(F)n1cc(-c2cnn3c(NCc4nc5c(Cl)cccc5[nH]4)nc(N4CCC(F)(F)CC4)nc23)cn1. The molecule has 1 saturated heterocycles. The van der Waals surface area contributed by atoms with Crippen molar-refractivity contribution < 1.29 is 17.6 Å². The molecule has 1 aliphatic rings. The molecule has 0 bridgehead atoms. The summed E-state index contributed by atoms with van der Waals surface area (Å²) in [5.41, 5.74) is 2.52. The molecule has 4 aromatic heterocycles. The standard InChI is InChI=1S/C22H19ClF4N10/c23-14-2-1-3-15-17(14)32-16(31-15)10-28-20-34-21(35-6-4-22(26,27)5-7-35)33-18-13(9-30-37(18)20)12-8-29-36(11-12)19(24)25/h1-3,8-9,11,19H,4-7,10H2,(H,31,32)(H,28,33,34). The third-order valence-electron chi connectivity index (χ3n) is 6.17. The molecule has 0 saturated carbocycles. The van der Waals surface area contributed by atoms with Crippen molar-refractivity contribution in [2.75, 3.05) is 23.3 Å². The number of aromatic nitrogens is 8. The molecule has 10 nitrogen and oxygen atoms in total. The van der Waals surface area contributed by atoms with Gasteiger partial charge in [0.05, 0.1) is 29.5 Å².